The van der Waals surface area contributed by atoms with Gasteiger partial charge in [-0.3, -0.25) is 4.79 Å². The fourth-order valence-electron chi connectivity index (χ4n) is 1.70. The summed E-state index contributed by atoms with van der Waals surface area (Å²) in [6.45, 7) is 2.34. The first-order valence-electron chi connectivity index (χ1n) is 6.22. The zero-order valence-electron chi connectivity index (χ0n) is 11.6. The Bertz CT molecular complexity index is 555. The van der Waals surface area contributed by atoms with Gasteiger partial charge in [0.2, 0.25) is 0 Å². The molecule has 0 spiro atoms. The molecule has 2 aromatic rings. The molecule has 2 rings (SSSR count). The number of aromatic nitrogens is 2. The standard InChI is InChI=1S/C14H18N4O.ClH/c1-11(10-15)17(2)14(19)13-8-9-18(16-13)12-6-4-3-5-7-12;/h3-9,11H,10,15H2,1-2H3;1H. The Kier molecular flexibility index (Phi) is 5.73. The number of nitrogens with two attached hydrogens (primary N) is 1. The van der Waals surface area contributed by atoms with Crippen LogP contribution in [0, 0.1) is 0 Å². The van der Waals surface area contributed by atoms with Crippen molar-refractivity contribution in [2.75, 3.05) is 13.6 Å². The molecule has 0 radical (unpaired) electrons. The number of halogens is 1. The number of carbonyl (C=O) groups excluding carboxylic acids is 1. The second-order valence-electron chi connectivity index (χ2n) is 4.48. The van der Waals surface area contributed by atoms with E-state index in [1.54, 1.807) is 28.9 Å². The van der Waals surface area contributed by atoms with Gasteiger partial charge in [-0.25, -0.2) is 4.68 Å². The van der Waals surface area contributed by atoms with Gasteiger partial charge in [0.05, 0.1) is 5.69 Å². The number of amides is 1. The predicted molar refractivity (Wildman–Crippen MR) is 81.4 cm³/mol. The molecule has 1 unspecified atom stereocenters. The van der Waals surface area contributed by atoms with Crippen LogP contribution in [0.25, 0.3) is 5.69 Å². The van der Waals surface area contributed by atoms with Crippen LogP contribution in [0.3, 0.4) is 0 Å². The van der Waals surface area contributed by atoms with Crippen LogP contribution < -0.4 is 5.73 Å². The summed E-state index contributed by atoms with van der Waals surface area (Å²) >= 11 is 0. The van der Waals surface area contributed by atoms with Crippen LogP contribution in [0.4, 0.5) is 0 Å². The summed E-state index contributed by atoms with van der Waals surface area (Å²) < 4.78 is 1.69. The van der Waals surface area contributed by atoms with Crippen molar-refractivity contribution >= 4 is 18.3 Å². The lowest BCUT2D eigenvalue weighted by molar-refractivity contribution is 0.0742. The molecule has 0 fully saturated rings. The Morgan fingerprint density at radius 3 is 2.60 bits per heavy atom. The van der Waals surface area contributed by atoms with Crippen LogP contribution in [-0.2, 0) is 0 Å². The van der Waals surface area contributed by atoms with Crippen molar-refractivity contribution in [3.63, 3.8) is 0 Å². The van der Waals surface area contributed by atoms with E-state index in [4.69, 9.17) is 5.73 Å². The molecule has 1 amide bonds. The number of carbonyl (C=O) groups is 1. The molecule has 5 nitrogen and oxygen atoms in total. The maximum atomic E-state index is 12.2. The molecule has 0 saturated heterocycles. The fraction of sp³-hybridized carbons (Fsp3) is 0.286. The first-order valence-corrected chi connectivity index (χ1v) is 6.22. The number of nitrogens with zero attached hydrogens (tertiary/aromatic N) is 3. The van der Waals surface area contributed by atoms with Gasteiger partial charge >= 0.3 is 0 Å². The van der Waals surface area contributed by atoms with Crippen molar-refractivity contribution in [2.24, 2.45) is 5.73 Å². The third-order valence-corrected chi connectivity index (χ3v) is 3.15. The van der Waals surface area contributed by atoms with E-state index in [1.807, 2.05) is 37.3 Å². The third kappa shape index (κ3) is 3.37. The van der Waals surface area contributed by atoms with Crippen LogP contribution >= 0.6 is 12.4 Å². The number of rotatable bonds is 4. The van der Waals surface area contributed by atoms with Crippen molar-refractivity contribution in [3.8, 4) is 5.69 Å². The lowest BCUT2D eigenvalue weighted by Crippen LogP contribution is -2.39. The molecular weight excluding hydrogens is 276 g/mol. The molecule has 1 heterocycles. The van der Waals surface area contributed by atoms with Crippen LogP contribution in [0.1, 0.15) is 17.4 Å². The van der Waals surface area contributed by atoms with Gasteiger partial charge in [0.1, 0.15) is 0 Å². The van der Waals surface area contributed by atoms with Crippen molar-refractivity contribution in [2.45, 2.75) is 13.0 Å². The smallest absolute Gasteiger partial charge is 0.274 e. The zero-order chi connectivity index (χ0) is 13.8. The Balaban J connectivity index is 0.00000200. The quantitative estimate of drug-likeness (QED) is 0.934. The molecule has 20 heavy (non-hydrogen) atoms. The molecule has 1 atom stereocenters. The van der Waals surface area contributed by atoms with Gasteiger partial charge < -0.3 is 10.6 Å². The highest BCUT2D eigenvalue weighted by atomic mass is 35.5. The second kappa shape index (κ2) is 7.07. The highest BCUT2D eigenvalue weighted by Gasteiger charge is 2.18. The molecule has 0 bridgehead atoms. The van der Waals surface area contributed by atoms with Gasteiger partial charge in [-0.05, 0) is 25.1 Å². The van der Waals surface area contributed by atoms with Crippen molar-refractivity contribution < 1.29 is 4.79 Å². The minimum Gasteiger partial charge on any atom is -0.336 e. The van der Waals surface area contributed by atoms with Gasteiger partial charge in [0.15, 0.2) is 5.69 Å². The minimum atomic E-state index is -0.118. The number of benzene rings is 1. The van der Waals surface area contributed by atoms with Crippen molar-refractivity contribution in [1.29, 1.82) is 0 Å². The molecular formula is C14H19ClN4O. The molecule has 6 heteroatoms. The molecule has 1 aromatic heterocycles. The Labute approximate surface area is 124 Å². The Morgan fingerprint density at radius 2 is 2.00 bits per heavy atom. The van der Waals surface area contributed by atoms with E-state index in [2.05, 4.69) is 5.10 Å². The van der Waals surface area contributed by atoms with Gasteiger partial charge in [-0.1, -0.05) is 18.2 Å². The van der Waals surface area contributed by atoms with E-state index >= 15 is 0 Å². The van der Waals surface area contributed by atoms with E-state index in [0.717, 1.165) is 5.69 Å². The summed E-state index contributed by atoms with van der Waals surface area (Å²) in [5, 5.41) is 4.30. The summed E-state index contributed by atoms with van der Waals surface area (Å²) in [7, 11) is 1.74. The van der Waals surface area contributed by atoms with E-state index < -0.39 is 0 Å². The van der Waals surface area contributed by atoms with Gasteiger partial charge in [0.25, 0.3) is 5.91 Å². The molecule has 0 aliphatic carbocycles. The largest absolute Gasteiger partial charge is 0.336 e. The van der Waals surface area contributed by atoms with Crippen molar-refractivity contribution in [3.05, 3.63) is 48.3 Å². The first-order chi connectivity index (χ1) is 9.13. The third-order valence-electron chi connectivity index (χ3n) is 3.15. The lowest BCUT2D eigenvalue weighted by atomic mass is 10.2. The van der Waals surface area contributed by atoms with Gasteiger partial charge in [0, 0.05) is 25.8 Å². The average Bonchev–Trinajstić information content (AvgIpc) is 2.95. The number of hydrogen-bond acceptors (Lipinski definition) is 3. The summed E-state index contributed by atoms with van der Waals surface area (Å²) in [6, 6.07) is 11.4. The SMILES string of the molecule is CC(CN)N(C)C(=O)c1ccn(-c2ccccc2)n1.Cl. The molecule has 1 aromatic carbocycles. The van der Waals surface area contributed by atoms with E-state index in [-0.39, 0.29) is 24.4 Å². The topological polar surface area (TPSA) is 64.2 Å². The molecule has 0 aliphatic rings. The summed E-state index contributed by atoms with van der Waals surface area (Å²) in [4.78, 5) is 13.8. The number of para-hydroxylation sites is 1. The Morgan fingerprint density at radius 1 is 1.35 bits per heavy atom. The van der Waals surface area contributed by atoms with Crippen molar-refractivity contribution in [1.82, 2.24) is 14.7 Å². The monoisotopic (exact) mass is 294 g/mol. The van der Waals surface area contributed by atoms with Crippen LogP contribution in [0.15, 0.2) is 42.6 Å². The number of hydrogen-bond donors (Lipinski definition) is 1. The molecule has 0 saturated carbocycles. The van der Waals surface area contributed by atoms with E-state index in [1.165, 1.54) is 0 Å². The second-order valence-corrected chi connectivity index (χ2v) is 4.48. The highest BCUT2D eigenvalue weighted by molar-refractivity contribution is 5.92. The first kappa shape index (κ1) is 16.2. The van der Waals surface area contributed by atoms with E-state index in [9.17, 15) is 4.79 Å². The normalized spacial score (nSPS) is 11.6. The predicted octanol–water partition coefficient (Wildman–Crippen LogP) is 1.71. The lowest BCUT2D eigenvalue weighted by Gasteiger charge is -2.22. The van der Waals surface area contributed by atoms with Crippen LogP contribution in [-0.4, -0.2) is 40.2 Å². The van der Waals surface area contributed by atoms with Gasteiger partial charge in [-0.15, -0.1) is 12.4 Å². The zero-order valence-corrected chi connectivity index (χ0v) is 12.4. The summed E-state index contributed by atoms with van der Waals surface area (Å²) in [5.41, 5.74) is 6.92. The average molecular weight is 295 g/mol. The Hall–Kier alpha value is -1.85. The maximum Gasteiger partial charge on any atom is 0.274 e. The van der Waals surface area contributed by atoms with Crippen LogP contribution in [0.2, 0.25) is 0 Å². The molecule has 2 N–H and O–H groups in total. The molecule has 0 aliphatic heterocycles. The highest BCUT2D eigenvalue weighted by Crippen LogP contribution is 2.09. The summed E-state index contributed by atoms with van der Waals surface area (Å²) in [5.74, 6) is -0.118. The molecule has 108 valence electrons. The summed E-state index contributed by atoms with van der Waals surface area (Å²) in [6.07, 6.45) is 1.78. The fourth-order valence-corrected chi connectivity index (χ4v) is 1.70. The van der Waals surface area contributed by atoms with E-state index in [0.29, 0.717) is 12.2 Å². The maximum absolute atomic E-state index is 12.2. The van der Waals surface area contributed by atoms with Gasteiger partial charge in [-0.2, -0.15) is 5.10 Å². The minimum absolute atomic E-state index is 0. The number of likely N-dealkylation sites (N-methyl/N-ethyl adjacent to an activating group) is 1. The van der Waals surface area contributed by atoms with Crippen LogP contribution in [0.5, 0.6) is 0 Å².